The number of H-pyrrole nitrogens is 1. The summed E-state index contributed by atoms with van der Waals surface area (Å²) in [4.78, 5) is 17.3. The fourth-order valence-corrected chi connectivity index (χ4v) is 7.15. The van der Waals surface area contributed by atoms with Crippen molar-refractivity contribution in [3.63, 3.8) is 0 Å². The fourth-order valence-electron chi connectivity index (χ4n) is 5.63. The second-order valence-electron chi connectivity index (χ2n) is 10.5. The van der Waals surface area contributed by atoms with Gasteiger partial charge >= 0.3 is 0 Å². The van der Waals surface area contributed by atoms with Crippen LogP contribution in [0.5, 0.6) is 0 Å². The van der Waals surface area contributed by atoms with Gasteiger partial charge < -0.3 is 15.1 Å². The molecule has 0 aliphatic carbocycles. The van der Waals surface area contributed by atoms with Crippen LogP contribution in [-0.4, -0.2) is 60.9 Å². The van der Waals surface area contributed by atoms with Gasteiger partial charge in [0.1, 0.15) is 5.76 Å². The molecule has 8 nitrogen and oxygen atoms in total. The first-order valence-corrected chi connectivity index (χ1v) is 15.1. The first-order chi connectivity index (χ1) is 18.8. The van der Waals surface area contributed by atoms with Crippen LogP contribution < -0.4 is 5.73 Å². The van der Waals surface area contributed by atoms with Gasteiger partial charge in [-0.05, 0) is 85.3 Å². The van der Waals surface area contributed by atoms with Gasteiger partial charge in [0.05, 0.1) is 25.0 Å². The SMILES string of the molecule is CN(CCCS(=O)(=O)N1CCC(c2c[nH]c3c(CC(N)=O)cc(-c4ccccc4)cc23)CC1)Cc1ccco1. The molecule has 0 bridgehead atoms. The summed E-state index contributed by atoms with van der Waals surface area (Å²) in [5.41, 5.74) is 10.7. The van der Waals surface area contributed by atoms with E-state index >= 15 is 0 Å². The molecule has 1 fully saturated rings. The number of nitrogens with zero attached hydrogens (tertiary/aromatic N) is 2. The van der Waals surface area contributed by atoms with E-state index in [1.165, 1.54) is 5.56 Å². The summed E-state index contributed by atoms with van der Waals surface area (Å²) in [5.74, 6) is 0.877. The van der Waals surface area contributed by atoms with Crippen molar-refractivity contribution in [2.45, 2.75) is 38.1 Å². The number of furan rings is 1. The third-order valence-electron chi connectivity index (χ3n) is 7.61. The molecule has 0 saturated carbocycles. The molecule has 206 valence electrons. The predicted molar refractivity (Wildman–Crippen MR) is 154 cm³/mol. The largest absolute Gasteiger partial charge is 0.468 e. The van der Waals surface area contributed by atoms with Crippen molar-refractivity contribution in [2.75, 3.05) is 32.4 Å². The number of amides is 1. The van der Waals surface area contributed by atoms with E-state index < -0.39 is 10.0 Å². The molecule has 1 saturated heterocycles. The summed E-state index contributed by atoms with van der Waals surface area (Å²) in [6.07, 6.45) is 5.91. The molecule has 1 aliphatic heterocycles. The smallest absolute Gasteiger partial charge is 0.221 e. The molecule has 2 aromatic carbocycles. The number of hydrogen-bond acceptors (Lipinski definition) is 5. The standard InChI is InChI=1S/C30H36N4O4S/c1-33(21-26-9-5-15-38-26)12-6-16-39(36,37)34-13-10-23(11-14-34)28-20-32-30-25(19-29(31)35)17-24(18-27(28)30)22-7-3-2-4-8-22/h2-5,7-9,15,17-18,20,23,32H,6,10-14,16,19,21H2,1H3,(H2,31,35). The van der Waals surface area contributed by atoms with Crippen LogP contribution in [0.15, 0.2) is 71.5 Å². The molecule has 1 aliphatic rings. The number of primary amides is 1. The molecule has 2 aromatic heterocycles. The van der Waals surface area contributed by atoms with Crippen LogP contribution in [-0.2, 0) is 27.8 Å². The van der Waals surface area contributed by atoms with Crippen LogP contribution in [0.4, 0.5) is 0 Å². The van der Waals surface area contributed by atoms with Crippen molar-refractivity contribution in [2.24, 2.45) is 5.73 Å². The predicted octanol–water partition coefficient (Wildman–Crippen LogP) is 4.49. The topological polar surface area (TPSA) is 113 Å². The molecule has 3 heterocycles. The van der Waals surface area contributed by atoms with Crippen LogP contribution in [0.1, 0.15) is 42.1 Å². The lowest BCUT2D eigenvalue weighted by Crippen LogP contribution is -2.39. The van der Waals surface area contributed by atoms with E-state index in [0.29, 0.717) is 32.6 Å². The minimum absolute atomic E-state index is 0.143. The maximum atomic E-state index is 13.1. The van der Waals surface area contributed by atoms with E-state index in [1.54, 1.807) is 10.6 Å². The number of nitrogens with two attached hydrogens (primary N) is 1. The van der Waals surface area contributed by atoms with E-state index in [2.05, 4.69) is 28.1 Å². The van der Waals surface area contributed by atoms with Gasteiger partial charge in [0.2, 0.25) is 15.9 Å². The van der Waals surface area contributed by atoms with E-state index in [1.807, 2.05) is 49.6 Å². The lowest BCUT2D eigenvalue weighted by molar-refractivity contribution is -0.117. The molecule has 39 heavy (non-hydrogen) atoms. The second kappa shape index (κ2) is 11.8. The van der Waals surface area contributed by atoms with E-state index in [9.17, 15) is 13.2 Å². The second-order valence-corrected chi connectivity index (χ2v) is 12.6. The minimum Gasteiger partial charge on any atom is -0.468 e. The molecule has 4 aromatic rings. The summed E-state index contributed by atoms with van der Waals surface area (Å²) in [6, 6.07) is 18.1. The Hall–Kier alpha value is -3.40. The number of hydrogen-bond donors (Lipinski definition) is 2. The first-order valence-electron chi connectivity index (χ1n) is 13.5. The number of nitrogens with one attached hydrogen (secondary N) is 1. The maximum Gasteiger partial charge on any atom is 0.221 e. The van der Waals surface area contributed by atoms with Crippen LogP contribution in [0, 0.1) is 0 Å². The Balaban J connectivity index is 1.26. The fraction of sp³-hybridized carbons (Fsp3) is 0.367. The number of aromatic nitrogens is 1. The molecule has 3 N–H and O–H groups in total. The van der Waals surface area contributed by atoms with E-state index in [-0.39, 0.29) is 24.0 Å². The van der Waals surface area contributed by atoms with Gasteiger partial charge in [0, 0.05) is 30.2 Å². The summed E-state index contributed by atoms with van der Waals surface area (Å²) in [5, 5.41) is 1.08. The Kier molecular flexibility index (Phi) is 8.20. The number of piperidine rings is 1. The Morgan fingerprint density at radius 2 is 1.87 bits per heavy atom. The molecule has 0 unspecified atom stereocenters. The molecule has 0 atom stereocenters. The Bertz CT molecular complexity index is 1510. The molecule has 5 rings (SSSR count). The number of carbonyl (C=O) groups is 1. The zero-order valence-corrected chi connectivity index (χ0v) is 23.1. The number of sulfonamides is 1. The maximum absolute atomic E-state index is 13.1. The first kappa shape index (κ1) is 27.2. The van der Waals surface area contributed by atoms with Gasteiger partial charge in [-0.2, -0.15) is 0 Å². The summed E-state index contributed by atoms with van der Waals surface area (Å²) in [7, 11) is -1.34. The van der Waals surface area contributed by atoms with Crippen molar-refractivity contribution in [3.8, 4) is 11.1 Å². The number of fused-ring (bicyclic) bond motifs is 1. The Labute approximate surface area is 229 Å². The highest BCUT2D eigenvalue weighted by Gasteiger charge is 2.30. The van der Waals surface area contributed by atoms with Crippen molar-refractivity contribution < 1.29 is 17.6 Å². The Morgan fingerprint density at radius 3 is 2.56 bits per heavy atom. The van der Waals surface area contributed by atoms with Gasteiger partial charge in [0.25, 0.3) is 0 Å². The summed E-state index contributed by atoms with van der Waals surface area (Å²) >= 11 is 0. The van der Waals surface area contributed by atoms with Crippen molar-refractivity contribution >= 4 is 26.8 Å². The van der Waals surface area contributed by atoms with Crippen molar-refractivity contribution in [1.29, 1.82) is 0 Å². The highest BCUT2D eigenvalue weighted by Crippen LogP contribution is 2.37. The summed E-state index contributed by atoms with van der Waals surface area (Å²) in [6.45, 7) is 2.36. The van der Waals surface area contributed by atoms with Crippen LogP contribution in [0.3, 0.4) is 0 Å². The van der Waals surface area contributed by atoms with Gasteiger partial charge in [0.15, 0.2) is 0 Å². The van der Waals surface area contributed by atoms with E-state index in [0.717, 1.165) is 46.2 Å². The van der Waals surface area contributed by atoms with Gasteiger partial charge in [-0.15, -0.1) is 0 Å². The monoisotopic (exact) mass is 548 g/mol. The van der Waals surface area contributed by atoms with Crippen molar-refractivity contribution in [1.82, 2.24) is 14.2 Å². The number of carbonyl (C=O) groups excluding carboxylic acids is 1. The zero-order valence-electron chi connectivity index (χ0n) is 22.3. The van der Waals surface area contributed by atoms with Gasteiger partial charge in [-0.1, -0.05) is 30.3 Å². The summed E-state index contributed by atoms with van der Waals surface area (Å²) < 4.78 is 33.2. The number of rotatable bonds is 11. The average molecular weight is 549 g/mol. The Morgan fingerprint density at radius 1 is 1.10 bits per heavy atom. The molecule has 0 spiro atoms. The van der Waals surface area contributed by atoms with Crippen LogP contribution in [0.2, 0.25) is 0 Å². The van der Waals surface area contributed by atoms with E-state index in [4.69, 9.17) is 10.2 Å². The lowest BCUT2D eigenvalue weighted by atomic mass is 9.88. The lowest BCUT2D eigenvalue weighted by Gasteiger charge is -2.31. The molecule has 0 radical (unpaired) electrons. The highest BCUT2D eigenvalue weighted by molar-refractivity contribution is 7.89. The molecule has 1 amide bonds. The minimum atomic E-state index is -3.31. The number of aromatic amines is 1. The third-order valence-corrected chi connectivity index (χ3v) is 9.57. The van der Waals surface area contributed by atoms with Gasteiger partial charge in [-0.3, -0.25) is 9.69 Å². The van der Waals surface area contributed by atoms with Crippen LogP contribution >= 0.6 is 0 Å². The average Bonchev–Trinajstić information content (AvgIpc) is 3.59. The number of benzene rings is 2. The molecule has 9 heteroatoms. The highest BCUT2D eigenvalue weighted by atomic mass is 32.2. The normalized spacial score (nSPS) is 15.3. The van der Waals surface area contributed by atoms with Crippen LogP contribution in [0.25, 0.3) is 22.0 Å². The van der Waals surface area contributed by atoms with Crippen molar-refractivity contribution in [3.05, 3.63) is 83.9 Å². The zero-order chi connectivity index (χ0) is 27.4. The van der Waals surface area contributed by atoms with Gasteiger partial charge in [-0.25, -0.2) is 12.7 Å². The molecular weight excluding hydrogens is 512 g/mol. The third kappa shape index (κ3) is 6.43. The quantitative estimate of drug-likeness (QED) is 0.287. The molecular formula is C30H36N4O4S.